The summed E-state index contributed by atoms with van der Waals surface area (Å²) in [6, 6.07) is -0.248. The van der Waals surface area contributed by atoms with Gasteiger partial charge >= 0.3 is 12.3 Å². The smallest absolute Gasteiger partial charge is 0.422 e. The molecule has 0 aromatic rings. The highest BCUT2D eigenvalue weighted by Gasteiger charge is 2.34. The molecule has 2 atom stereocenters. The van der Waals surface area contributed by atoms with Crippen molar-refractivity contribution in [2.75, 3.05) is 19.7 Å². The monoisotopic (exact) mass is 418 g/mol. The Morgan fingerprint density at radius 2 is 2.03 bits per heavy atom. The minimum atomic E-state index is -4.47. The Bertz CT molecular complexity index is 680. The lowest BCUT2D eigenvalue weighted by molar-refractivity contribution is -0.166. The van der Waals surface area contributed by atoms with Gasteiger partial charge in [0.1, 0.15) is 11.4 Å². The third-order valence-electron chi connectivity index (χ3n) is 4.50. The Hall–Kier alpha value is -2.19. The maximum atomic E-state index is 12.7. The van der Waals surface area contributed by atoms with E-state index in [-0.39, 0.29) is 24.1 Å². The van der Waals surface area contributed by atoms with Crippen molar-refractivity contribution < 1.29 is 32.2 Å². The molecule has 1 saturated heterocycles. The molecule has 1 amide bonds. The van der Waals surface area contributed by atoms with Crippen LogP contribution in [0.15, 0.2) is 23.1 Å². The van der Waals surface area contributed by atoms with Crippen LogP contribution in [-0.4, -0.2) is 54.8 Å². The maximum Gasteiger partial charge on any atom is 0.422 e. The number of amides is 1. The molecular weight excluding hydrogens is 389 g/mol. The fourth-order valence-electron chi connectivity index (χ4n) is 3.52. The van der Waals surface area contributed by atoms with Gasteiger partial charge in [0, 0.05) is 31.1 Å². The average Bonchev–Trinajstić information content (AvgIpc) is 2.57. The number of alkyl carbamates (subject to hydrolysis) is 1. The van der Waals surface area contributed by atoms with E-state index in [0.717, 1.165) is 0 Å². The first kappa shape index (κ1) is 23.1. The highest BCUT2D eigenvalue weighted by atomic mass is 19.4. The lowest BCUT2D eigenvalue weighted by Crippen LogP contribution is -2.49. The lowest BCUT2D eigenvalue weighted by Gasteiger charge is -2.38. The predicted octanol–water partition coefficient (Wildman–Crippen LogP) is 3.93. The van der Waals surface area contributed by atoms with Gasteiger partial charge < -0.3 is 19.7 Å². The van der Waals surface area contributed by atoms with E-state index < -0.39 is 24.5 Å². The van der Waals surface area contributed by atoms with Gasteiger partial charge in [-0.2, -0.15) is 13.2 Å². The van der Waals surface area contributed by atoms with Crippen molar-refractivity contribution in [2.24, 2.45) is 5.92 Å². The van der Waals surface area contributed by atoms with Crippen molar-refractivity contribution in [1.29, 1.82) is 0 Å². The minimum Gasteiger partial charge on any atom is -0.486 e. The second kappa shape index (κ2) is 9.09. The first-order valence-electron chi connectivity index (χ1n) is 9.72. The van der Waals surface area contributed by atoms with Crippen molar-refractivity contribution in [3.8, 4) is 0 Å². The maximum absolute atomic E-state index is 12.7. The van der Waals surface area contributed by atoms with Crippen molar-refractivity contribution in [1.82, 2.24) is 10.2 Å². The van der Waals surface area contributed by atoms with Crippen LogP contribution in [-0.2, 0) is 14.3 Å². The average molecular weight is 418 g/mol. The fourth-order valence-corrected chi connectivity index (χ4v) is 3.52. The molecule has 0 radical (unpaired) electrons. The molecule has 2 aliphatic rings. The molecule has 6 nitrogen and oxygen atoms in total. The number of likely N-dealkylation sites (tertiary alicyclic amines) is 1. The fraction of sp³-hybridized carbons (Fsp3) is 0.700. The second-order valence-corrected chi connectivity index (χ2v) is 8.53. The van der Waals surface area contributed by atoms with Crippen molar-refractivity contribution in [3.63, 3.8) is 0 Å². The molecular formula is C20H29F3N2O4. The summed E-state index contributed by atoms with van der Waals surface area (Å²) in [7, 11) is 0. The second-order valence-electron chi connectivity index (χ2n) is 8.53. The Labute approximate surface area is 169 Å². The first-order valence-corrected chi connectivity index (χ1v) is 9.72. The standard InChI is InChI=1S/C20H29F3N2O4/c1-13-8-14(11-26)17(16(9-13)28-12-20(21,22)23)25-7-5-6-15(10-25)24-18(27)29-19(2,3)4/h8,11,13,15H,5-7,9-10,12H2,1-4H3,(H,24,27)/t13?,15-/m1/s1. The van der Waals surface area contributed by atoms with E-state index in [1.54, 1.807) is 26.8 Å². The summed E-state index contributed by atoms with van der Waals surface area (Å²) in [6.07, 6.45) is -0.928. The van der Waals surface area contributed by atoms with E-state index in [2.05, 4.69) is 5.32 Å². The molecule has 1 N–H and O–H groups in total. The number of ether oxygens (including phenoxy) is 2. The Balaban J connectivity index is 2.18. The summed E-state index contributed by atoms with van der Waals surface area (Å²) in [5.74, 6) is 0.0556. The van der Waals surface area contributed by atoms with Gasteiger partial charge in [-0.15, -0.1) is 0 Å². The number of nitrogens with zero attached hydrogens (tertiary/aromatic N) is 1. The van der Waals surface area contributed by atoms with E-state index in [1.165, 1.54) is 0 Å². The summed E-state index contributed by atoms with van der Waals surface area (Å²) in [5.41, 5.74) is 0.0730. The van der Waals surface area contributed by atoms with Crippen LogP contribution in [0.4, 0.5) is 18.0 Å². The summed E-state index contributed by atoms with van der Waals surface area (Å²) in [5, 5.41) is 2.80. The number of alkyl halides is 3. The van der Waals surface area contributed by atoms with Crippen LogP contribution in [0.3, 0.4) is 0 Å². The van der Waals surface area contributed by atoms with Gasteiger partial charge in [0.05, 0.1) is 5.70 Å². The number of carbonyl (C=O) groups excluding carboxylic acids is 2. The molecule has 1 heterocycles. The van der Waals surface area contributed by atoms with E-state index in [4.69, 9.17) is 9.47 Å². The number of nitrogens with one attached hydrogen (secondary N) is 1. The molecule has 9 heteroatoms. The number of rotatable bonds is 5. The number of hydrogen-bond donors (Lipinski definition) is 1. The molecule has 0 aromatic heterocycles. The molecule has 1 aliphatic heterocycles. The van der Waals surface area contributed by atoms with Gasteiger partial charge in [-0.05, 0) is 39.5 Å². The zero-order chi connectivity index (χ0) is 21.8. The Kier molecular flexibility index (Phi) is 7.24. The van der Waals surface area contributed by atoms with Gasteiger partial charge in [0.15, 0.2) is 12.9 Å². The van der Waals surface area contributed by atoms with Crippen LogP contribution in [0.1, 0.15) is 47.0 Å². The van der Waals surface area contributed by atoms with Crippen LogP contribution in [0, 0.1) is 5.92 Å². The molecule has 2 rings (SSSR count). The van der Waals surface area contributed by atoms with Crippen molar-refractivity contribution >= 4 is 12.4 Å². The number of carbonyl (C=O) groups is 2. The third kappa shape index (κ3) is 7.29. The van der Waals surface area contributed by atoms with E-state index in [0.29, 0.717) is 43.5 Å². The Morgan fingerprint density at radius 1 is 1.34 bits per heavy atom. The molecule has 1 fully saturated rings. The lowest BCUT2D eigenvalue weighted by atomic mass is 9.92. The highest BCUT2D eigenvalue weighted by molar-refractivity contribution is 5.80. The van der Waals surface area contributed by atoms with Gasteiger partial charge in [0.25, 0.3) is 0 Å². The molecule has 0 spiro atoms. The zero-order valence-electron chi connectivity index (χ0n) is 17.3. The summed E-state index contributed by atoms with van der Waals surface area (Å²) >= 11 is 0. The SMILES string of the molecule is CC1C=C(C=O)C(N2CCC[C@@H](NC(=O)OC(C)(C)C)C2)=C(OCC(F)(F)F)C1. The number of allylic oxidation sites excluding steroid dienone is 3. The highest BCUT2D eigenvalue weighted by Crippen LogP contribution is 2.33. The first-order chi connectivity index (χ1) is 13.4. The van der Waals surface area contributed by atoms with Gasteiger partial charge in [-0.3, -0.25) is 4.79 Å². The summed E-state index contributed by atoms with van der Waals surface area (Å²) in [6.45, 7) is 6.61. The van der Waals surface area contributed by atoms with Crippen molar-refractivity contribution in [2.45, 2.75) is 64.8 Å². The molecule has 164 valence electrons. The molecule has 1 aliphatic carbocycles. The largest absolute Gasteiger partial charge is 0.486 e. The third-order valence-corrected chi connectivity index (χ3v) is 4.50. The molecule has 0 saturated carbocycles. The van der Waals surface area contributed by atoms with Gasteiger partial charge in [0.2, 0.25) is 0 Å². The molecule has 1 unspecified atom stereocenters. The van der Waals surface area contributed by atoms with E-state index in [9.17, 15) is 22.8 Å². The zero-order valence-corrected chi connectivity index (χ0v) is 17.3. The summed E-state index contributed by atoms with van der Waals surface area (Å²) < 4.78 is 48.4. The molecule has 0 bridgehead atoms. The molecule has 29 heavy (non-hydrogen) atoms. The topological polar surface area (TPSA) is 67.9 Å². The van der Waals surface area contributed by atoms with E-state index >= 15 is 0 Å². The van der Waals surface area contributed by atoms with E-state index in [1.807, 2.05) is 11.8 Å². The van der Waals surface area contributed by atoms with Crippen LogP contribution >= 0.6 is 0 Å². The predicted molar refractivity (Wildman–Crippen MR) is 101 cm³/mol. The number of hydrogen-bond acceptors (Lipinski definition) is 5. The number of piperidine rings is 1. The number of aldehydes is 1. The summed E-state index contributed by atoms with van der Waals surface area (Å²) in [4.78, 5) is 25.5. The quantitative estimate of drug-likeness (QED) is 0.686. The van der Waals surface area contributed by atoms with Crippen LogP contribution in [0.25, 0.3) is 0 Å². The van der Waals surface area contributed by atoms with Gasteiger partial charge in [-0.25, -0.2) is 4.79 Å². The number of halogens is 3. The minimum absolute atomic E-state index is 0.109. The van der Waals surface area contributed by atoms with Crippen LogP contribution in [0.2, 0.25) is 0 Å². The van der Waals surface area contributed by atoms with Crippen molar-refractivity contribution in [3.05, 3.63) is 23.1 Å². The normalized spacial score (nSPS) is 23.4. The van der Waals surface area contributed by atoms with Crippen LogP contribution in [0.5, 0.6) is 0 Å². The van der Waals surface area contributed by atoms with Gasteiger partial charge in [-0.1, -0.05) is 13.0 Å². The Morgan fingerprint density at radius 3 is 2.62 bits per heavy atom. The van der Waals surface area contributed by atoms with Crippen LogP contribution < -0.4 is 5.32 Å². The molecule has 0 aromatic carbocycles.